The monoisotopic (exact) mass is 164 g/mol. The van der Waals surface area contributed by atoms with Crippen LogP contribution in [0.15, 0.2) is 11.5 Å². The van der Waals surface area contributed by atoms with Gasteiger partial charge >= 0.3 is 0 Å². The predicted molar refractivity (Wildman–Crippen MR) is 45.7 cm³/mol. The molecule has 0 rings (SSSR count). The van der Waals surface area contributed by atoms with Gasteiger partial charge in [0.25, 0.3) is 0 Å². The van der Waals surface area contributed by atoms with Crippen molar-refractivity contribution in [3.63, 3.8) is 0 Å². The SMILES string of the molecule is CC=CSS(=O)CCC. The summed E-state index contributed by atoms with van der Waals surface area (Å²) in [5.74, 6) is 0.801. The molecule has 0 saturated heterocycles. The summed E-state index contributed by atoms with van der Waals surface area (Å²) in [5, 5.41) is 1.87. The van der Waals surface area contributed by atoms with Crippen LogP contribution in [0.1, 0.15) is 20.3 Å². The average Bonchev–Trinajstić information content (AvgIpc) is 1.85. The molecule has 54 valence electrons. The Morgan fingerprint density at radius 3 is 2.78 bits per heavy atom. The van der Waals surface area contributed by atoms with Crippen molar-refractivity contribution in [1.29, 1.82) is 0 Å². The van der Waals surface area contributed by atoms with Gasteiger partial charge in [0.15, 0.2) is 0 Å². The highest BCUT2D eigenvalue weighted by molar-refractivity contribution is 8.70. The summed E-state index contributed by atoms with van der Waals surface area (Å²) in [5.41, 5.74) is 0. The minimum absolute atomic E-state index is 0.690. The Kier molecular flexibility index (Phi) is 6.53. The van der Waals surface area contributed by atoms with E-state index in [-0.39, 0.29) is 0 Å². The van der Waals surface area contributed by atoms with Gasteiger partial charge in [-0.3, -0.25) is 0 Å². The fourth-order valence-electron chi connectivity index (χ4n) is 0.332. The molecule has 0 aromatic rings. The van der Waals surface area contributed by atoms with E-state index in [0.717, 1.165) is 12.2 Å². The fraction of sp³-hybridized carbons (Fsp3) is 0.667. The Bertz CT molecular complexity index is 110. The lowest BCUT2D eigenvalue weighted by molar-refractivity contribution is 0.690. The van der Waals surface area contributed by atoms with Crippen LogP contribution in [0.2, 0.25) is 0 Å². The Hall–Kier alpha value is 0.240. The van der Waals surface area contributed by atoms with Gasteiger partial charge in [0, 0.05) is 5.75 Å². The molecule has 0 aromatic carbocycles. The van der Waals surface area contributed by atoms with Gasteiger partial charge in [-0.05, 0) is 29.5 Å². The molecule has 0 aromatic heterocycles. The topological polar surface area (TPSA) is 17.1 Å². The van der Waals surface area contributed by atoms with Crippen molar-refractivity contribution < 1.29 is 4.21 Å². The van der Waals surface area contributed by atoms with E-state index in [9.17, 15) is 4.21 Å². The van der Waals surface area contributed by atoms with E-state index in [2.05, 4.69) is 0 Å². The van der Waals surface area contributed by atoms with Crippen molar-refractivity contribution in [2.75, 3.05) is 5.75 Å². The van der Waals surface area contributed by atoms with Crippen molar-refractivity contribution in [1.82, 2.24) is 0 Å². The molecule has 0 heterocycles. The van der Waals surface area contributed by atoms with Gasteiger partial charge in [0.2, 0.25) is 0 Å². The molecule has 3 heteroatoms. The first-order valence-electron chi connectivity index (χ1n) is 2.98. The summed E-state index contributed by atoms with van der Waals surface area (Å²) in [6, 6.07) is 0. The molecule has 0 aliphatic carbocycles. The van der Waals surface area contributed by atoms with Crippen LogP contribution in [0.4, 0.5) is 0 Å². The maximum absolute atomic E-state index is 10.8. The van der Waals surface area contributed by atoms with Crippen LogP contribution in [-0.4, -0.2) is 9.96 Å². The zero-order chi connectivity index (χ0) is 7.11. The highest BCUT2D eigenvalue weighted by Crippen LogP contribution is 2.09. The molecule has 0 aliphatic heterocycles. The van der Waals surface area contributed by atoms with Gasteiger partial charge in [-0.2, -0.15) is 0 Å². The third kappa shape index (κ3) is 6.12. The van der Waals surface area contributed by atoms with Crippen LogP contribution < -0.4 is 0 Å². The van der Waals surface area contributed by atoms with Crippen LogP contribution in [0.3, 0.4) is 0 Å². The van der Waals surface area contributed by atoms with Crippen molar-refractivity contribution in [2.45, 2.75) is 20.3 Å². The molecule has 0 aliphatic rings. The van der Waals surface area contributed by atoms with Gasteiger partial charge in [-0.25, -0.2) is 4.21 Å². The molecule has 0 radical (unpaired) electrons. The van der Waals surface area contributed by atoms with Crippen molar-refractivity contribution in [3.05, 3.63) is 11.5 Å². The van der Waals surface area contributed by atoms with Crippen LogP contribution in [0.5, 0.6) is 0 Å². The first-order chi connectivity index (χ1) is 4.31. The number of rotatable bonds is 4. The molecule has 1 unspecified atom stereocenters. The summed E-state index contributed by atoms with van der Waals surface area (Å²) in [4.78, 5) is 0. The quantitative estimate of drug-likeness (QED) is 0.593. The minimum Gasteiger partial charge on any atom is -0.248 e. The highest BCUT2D eigenvalue weighted by Gasteiger charge is 1.92. The third-order valence-electron chi connectivity index (χ3n) is 0.670. The minimum atomic E-state index is -0.690. The van der Waals surface area contributed by atoms with Gasteiger partial charge in [-0.1, -0.05) is 13.0 Å². The Morgan fingerprint density at radius 2 is 2.33 bits per heavy atom. The highest BCUT2D eigenvalue weighted by atomic mass is 33.1. The smallest absolute Gasteiger partial charge is 0.0846 e. The molecule has 1 atom stereocenters. The lowest BCUT2D eigenvalue weighted by Gasteiger charge is -1.90. The number of hydrogen-bond acceptors (Lipinski definition) is 2. The summed E-state index contributed by atoms with van der Waals surface area (Å²) in [6.07, 6.45) is 2.90. The van der Waals surface area contributed by atoms with E-state index < -0.39 is 9.83 Å². The maximum Gasteiger partial charge on any atom is 0.0846 e. The Morgan fingerprint density at radius 1 is 1.67 bits per heavy atom. The maximum atomic E-state index is 10.8. The van der Waals surface area contributed by atoms with Crippen molar-refractivity contribution in [2.24, 2.45) is 0 Å². The standard InChI is InChI=1S/C6H12OS2/c1-3-5-8-9(7)6-4-2/h3,5H,4,6H2,1-2H3. The van der Waals surface area contributed by atoms with Gasteiger partial charge in [0.05, 0.1) is 9.83 Å². The van der Waals surface area contributed by atoms with Gasteiger partial charge < -0.3 is 0 Å². The average molecular weight is 164 g/mol. The van der Waals surface area contributed by atoms with Crippen LogP contribution in [-0.2, 0) is 9.83 Å². The van der Waals surface area contributed by atoms with E-state index in [1.165, 1.54) is 10.8 Å². The molecular weight excluding hydrogens is 152 g/mol. The molecule has 0 fully saturated rings. The van der Waals surface area contributed by atoms with Crippen LogP contribution >= 0.6 is 10.8 Å². The summed E-state index contributed by atoms with van der Waals surface area (Å²) in [7, 11) is 0.703. The fourth-order valence-corrected chi connectivity index (χ4v) is 2.49. The second kappa shape index (κ2) is 6.36. The molecule has 0 amide bonds. The van der Waals surface area contributed by atoms with Crippen molar-refractivity contribution in [3.8, 4) is 0 Å². The second-order valence-corrected chi connectivity index (χ2v) is 4.75. The van der Waals surface area contributed by atoms with E-state index in [4.69, 9.17) is 0 Å². The van der Waals surface area contributed by atoms with Crippen molar-refractivity contribution >= 4 is 20.6 Å². The zero-order valence-electron chi connectivity index (χ0n) is 5.79. The molecule has 0 spiro atoms. The lowest BCUT2D eigenvalue weighted by Crippen LogP contribution is -1.86. The number of hydrogen-bond donors (Lipinski definition) is 0. The van der Waals surface area contributed by atoms with E-state index in [0.29, 0.717) is 0 Å². The first kappa shape index (κ1) is 9.24. The van der Waals surface area contributed by atoms with E-state index >= 15 is 0 Å². The van der Waals surface area contributed by atoms with E-state index in [1.807, 2.05) is 25.3 Å². The first-order valence-corrected chi connectivity index (χ1v) is 5.69. The molecule has 1 nitrogen and oxygen atoms in total. The van der Waals surface area contributed by atoms with Crippen LogP contribution in [0.25, 0.3) is 0 Å². The second-order valence-electron chi connectivity index (χ2n) is 1.57. The predicted octanol–water partition coefficient (Wildman–Crippen LogP) is 2.33. The van der Waals surface area contributed by atoms with Gasteiger partial charge in [0.1, 0.15) is 0 Å². The zero-order valence-corrected chi connectivity index (χ0v) is 7.43. The van der Waals surface area contributed by atoms with Gasteiger partial charge in [-0.15, -0.1) is 0 Å². The third-order valence-corrected chi connectivity index (χ3v) is 3.49. The molecule has 0 bridgehead atoms. The molecule has 0 saturated carbocycles. The summed E-state index contributed by atoms with van der Waals surface area (Å²) < 4.78 is 10.8. The molecule has 0 N–H and O–H groups in total. The Balaban J connectivity index is 3.27. The largest absolute Gasteiger partial charge is 0.248 e. The lowest BCUT2D eigenvalue weighted by atomic mass is 10.6. The summed E-state index contributed by atoms with van der Waals surface area (Å²) in [6.45, 7) is 3.96. The Labute approximate surface area is 62.8 Å². The van der Waals surface area contributed by atoms with E-state index in [1.54, 1.807) is 0 Å². The van der Waals surface area contributed by atoms with Crippen LogP contribution in [0, 0.1) is 0 Å². The molecular formula is C6H12OS2. The molecule has 9 heavy (non-hydrogen) atoms. The number of allylic oxidation sites excluding steroid dienone is 1. The summed E-state index contributed by atoms with van der Waals surface area (Å²) >= 11 is 0. The normalized spacial score (nSPS) is 14.4.